The highest BCUT2D eigenvalue weighted by Gasteiger charge is 2.51. The topological polar surface area (TPSA) is 72.9 Å². The summed E-state index contributed by atoms with van der Waals surface area (Å²) >= 11 is 0. The Morgan fingerprint density at radius 2 is 1.79 bits per heavy atom. The molecule has 1 aromatic heterocycles. The van der Waals surface area contributed by atoms with Gasteiger partial charge in [-0.3, -0.25) is 0 Å². The Balaban J connectivity index is 1.58. The lowest BCUT2D eigenvalue weighted by atomic mass is 9.79. The predicted molar refractivity (Wildman–Crippen MR) is 115 cm³/mol. The number of piperidine rings is 1. The first-order valence-corrected chi connectivity index (χ1v) is 10.4. The van der Waals surface area contributed by atoms with E-state index in [9.17, 15) is 4.79 Å². The van der Waals surface area contributed by atoms with Gasteiger partial charge in [0.15, 0.2) is 0 Å². The number of alkyl carbamates (subject to hydrolysis) is 1. The maximum absolute atomic E-state index is 12.0. The summed E-state index contributed by atoms with van der Waals surface area (Å²) in [6.07, 6.45) is 3.15. The molecule has 2 fully saturated rings. The normalized spacial score (nSPS) is 21.9. The molecule has 0 bridgehead atoms. The molecule has 29 heavy (non-hydrogen) atoms. The molecule has 3 rings (SSSR count). The fourth-order valence-electron chi connectivity index (χ4n) is 3.46. The van der Waals surface area contributed by atoms with Crippen LogP contribution in [0.25, 0.3) is 0 Å². The van der Waals surface area contributed by atoms with E-state index in [4.69, 9.17) is 14.0 Å². The summed E-state index contributed by atoms with van der Waals surface area (Å²) in [5.74, 6) is 0.910. The van der Waals surface area contributed by atoms with Crippen molar-refractivity contribution in [3.63, 3.8) is 0 Å². The third-order valence-corrected chi connectivity index (χ3v) is 5.83. The Morgan fingerprint density at radius 3 is 2.34 bits per heavy atom. The van der Waals surface area contributed by atoms with Gasteiger partial charge in [0.25, 0.3) is 0 Å². The molecule has 1 aromatic rings. The molecule has 2 aliphatic heterocycles. The molecule has 0 atom stereocenters. The van der Waals surface area contributed by atoms with Gasteiger partial charge < -0.3 is 24.3 Å². The van der Waals surface area contributed by atoms with Gasteiger partial charge in [0.05, 0.1) is 11.2 Å². The number of amides is 1. The van der Waals surface area contributed by atoms with Crippen LogP contribution in [0, 0.1) is 0 Å². The summed E-state index contributed by atoms with van der Waals surface area (Å²) in [5.41, 5.74) is -0.245. The molecule has 0 unspecified atom stereocenters. The predicted octanol–water partition coefficient (Wildman–Crippen LogP) is 2.87. The van der Waals surface area contributed by atoms with E-state index in [-0.39, 0.29) is 23.3 Å². The molecule has 0 saturated carbocycles. The number of anilines is 1. The number of nitrogens with zero attached hydrogens (tertiary/aromatic N) is 2. The Labute approximate surface area is 174 Å². The third-order valence-electron chi connectivity index (χ3n) is 5.83. The van der Waals surface area contributed by atoms with Crippen molar-refractivity contribution >= 4 is 24.5 Å². The Kier molecular flexibility index (Phi) is 5.89. The van der Waals surface area contributed by atoms with Crippen molar-refractivity contribution in [1.29, 1.82) is 0 Å². The molecule has 1 amide bonds. The van der Waals surface area contributed by atoms with Gasteiger partial charge in [0.2, 0.25) is 0 Å². The van der Waals surface area contributed by atoms with Crippen LogP contribution in [0.5, 0.6) is 0 Å². The fourth-order valence-corrected chi connectivity index (χ4v) is 3.46. The quantitative estimate of drug-likeness (QED) is 0.783. The second-order valence-corrected chi connectivity index (χ2v) is 9.94. The van der Waals surface area contributed by atoms with E-state index >= 15 is 0 Å². The highest BCUT2D eigenvalue weighted by molar-refractivity contribution is 6.62. The van der Waals surface area contributed by atoms with Crippen LogP contribution in [-0.2, 0) is 14.0 Å². The first kappa shape index (κ1) is 21.9. The van der Waals surface area contributed by atoms with Gasteiger partial charge >= 0.3 is 13.2 Å². The number of carbonyl (C=O) groups excluding carboxylic acids is 1. The largest absolute Gasteiger partial charge is 0.495 e. The van der Waals surface area contributed by atoms with Crippen LogP contribution in [0.2, 0.25) is 0 Å². The van der Waals surface area contributed by atoms with E-state index in [1.807, 2.05) is 32.9 Å². The molecule has 1 N–H and O–H groups in total. The number of aromatic nitrogens is 1. The molecular weight excluding hydrogens is 369 g/mol. The van der Waals surface area contributed by atoms with Crippen molar-refractivity contribution < 1.29 is 18.8 Å². The van der Waals surface area contributed by atoms with Gasteiger partial charge in [-0.1, -0.05) is 0 Å². The minimum atomic E-state index is -0.483. The molecule has 0 aromatic carbocycles. The average Bonchev–Trinajstić information content (AvgIpc) is 2.82. The number of hydrogen-bond donors (Lipinski definition) is 1. The van der Waals surface area contributed by atoms with Gasteiger partial charge in [-0.05, 0) is 78.9 Å². The number of hydrogen-bond acceptors (Lipinski definition) is 6. The van der Waals surface area contributed by atoms with Crippen LogP contribution < -0.4 is 15.7 Å². The van der Waals surface area contributed by atoms with E-state index in [0.717, 1.165) is 37.2 Å². The van der Waals surface area contributed by atoms with Crippen molar-refractivity contribution in [3.05, 3.63) is 18.3 Å². The fraction of sp³-hybridized carbons (Fsp3) is 0.714. The van der Waals surface area contributed by atoms with Gasteiger partial charge in [-0.15, -0.1) is 0 Å². The van der Waals surface area contributed by atoms with E-state index in [2.05, 4.69) is 42.9 Å². The van der Waals surface area contributed by atoms with Crippen molar-refractivity contribution in [2.24, 2.45) is 0 Å². The highest BCUT2D eigenvalue weighted by Crippen LogP contribution is 2.36. The monoisotopic (exact) mass is 403 g/mol. The Hall–Kier alpha value is -1.80. The highest BCUT2D eigenvalue weighted by atomic mass is 16.7. The van der Waals surface area contributed by atoms with Crippen molar-refractivity contribution in [1.82, 2.24) is 10.3 Å². The average molecular weight is 403 g/mol. The van der Waals surface area contributed by atoms with E-state index in [0.29, 0.717) is 0 Å². The summed E-state index contributed by atoms with van der Waals surface area (Å²) in [6.45, 7) is 15.5. The zero-order chi connectivity index (χ0) is 21.4. The lowest BCUT2D eigenvalue weighted by Gasteiger charge is -2.33. The first-order valence-electron chi connectivity index (χ1n) is 10.4. The van der Waals surface area contributed by atoms with Crippen molar-refractivity contribution in [2.45, 2.75) is 84.2 Å². The summed E-state index contributed by atoms with van der Waals surface area (Å²) in [7, 11) is -0.395. The Morgan fingerprint density at radius 1 is 1.21 bits per heavy atom. The maximum Gasteiger partial charge on any atom is 0.495 e. The molecule has 0 radical (unpaired) electrons. The van der Waals surface area contributed by atoms with Crippen LogP contribution in [0.15, 0.2) is 18.3 Å². The van der Waals surface area contributed by atoms with Gasteiger partial charge in [-0.2, -0.15) is 0 Å². The number of nitrogens with one attached hydrogen (secondary N) is 1. The van der Waals surface area contributed by atoms with Gasteiger partial charge in [0, 0.05) is 25.3 Å². The summed E-state index contributed by atoms with van der Waals surface area (Å²) in [5, 5.41) is 2.97. The van der Waals surface area contributed by atoms with Crippen LogP contribution in [-0.4, -0.2) is 54.1 Å². The number of pyridine rings is 1. The Bertz CT molecular complexity index is 724. The molecular formula is C21H34BN3O4. The lowest BCUT2D eigenvalue weighted by molar-refractivity contribution is 0.00578. The molecule has 2 aliphatic rings. The number of carbonyl (C=O) groups is 1. The zero-order valence-corrected chi connectivity index (χ0v) is 18.7. The van der Waals surface area contributed by atoms with E-state index in [1.54, 1.807) is 6.20 Å². The van der Waals surface area contributed by atoms with Crippen molar-refractivity contribution in [3.8, 4) is 0 Å². The van der Waals surface area contributed by atoms with Crippen LogP contribution in [0.4, 0.5) is 10.6 Å². The first-order chi connectivity index (χ1) is 13.4. The molecule has 3 heterocycles. The van der Waals surface area contributed by atoms with Crippen LogP contribution >= 0.6 is 0 Å². The van der Waals surface area contributed by atoms with Gasteiger partial charge in [0.1, 0.15) is 11.4 Å². The van der Waals surface area contributed by atoms with E-state index in [1.165, 1.54) is 0 Å². The van der Waals surface area contributed by atoms with Crippen LogP contribution in [0.3, 0.4) is 0 Å². The minimum Gasteiger partial charge on any atom is -0.444 e. The van der Waals surface area contributed by atoms with Crippen molar-refractivity contribution in [2.75, 3.05) is 18.0 Å². The standard InChI is InChI=1S/C21H34BN3O4/c1-19(2,3)27-18(26)24-16-9-12-25(13-10-16)17-14-15(8-11-23-17)22-28-20(4,5)21(6,7)29-22/h8,11,14,16H,9-10,12-13H2,1-7H3,(H,24,26). The zero-order valence-electron chi connectivity index (χ0n) is 18.7. The molecule has 0 aliphatic carbocycles. The second kappa shape index (κ2) is 7.80. The van der Waals surface area contributed by atoms with E-state index < -0.39 is 12.7 Å². The SMILES string of the molecule is CC(C)(C)OC(=O)NC1CCN(c2cc(B3OC(C)(C)C(C)(C)O3)ccn2)CC1. The molecule has 0 spiro atoms. The number of rotatable bonds is 3. The number of ether oxygens (including phenoxy) is 1. The summed E-state index contributed by atoms with van der Waals surface area (Å²) < 4.78 is 17.7. The third kappa shape index (κ3) is 5.23. The van der Waals surface area contributed by atoms with Gasteiger partial charge in [-0.25, -0.2) is 9.78 Å². The minimum absolute atomic E-state index is 0.118. The molecule has 160 valence electrons. The molecule has 7 nitrogen and oxygen atoms in total. The molecule has 2 saturated heterocycles. The smallest absolute Gasteiger partial charge is 0.444 e. The second-order valence-electron chi connectivity index (χ2n) is 9.94. The summed E-state index contributed by atoms with van der Waals surface area (Å²) in [4.78, 5) is 18.8. The van der Waals surface area contributed by atoms with Crippen LogP contribution in [0.1, 0.15) is 61.3 Å². The maximum atomic E-state index is 12.0. The lowest BCUT2D eigenvalue weighted by Crippen LogP contribution is -2.46. The molecule has 8 heteroatoms. The summed E-state index contributed by atoms with van der Waals surface area (Å²) in [6, 6.07) is 4.11.